The number of hydrogen-bond acceptors (Lipinski definition) is 2. The monoisotopic (exact) mass is 295 g/mol. The van der Waals surface area contributed by atoms with E-state index in [-0.39, 0.29) is 0 Å². The first-order chi connectivity index (χ1) is 9.60. The summed E-state index contributed by atoms with van der Waals surface area (Å²) in [6.45, 7) is 4.82. The molecule has 0 spiro atoms. The van der Waals surface area contributed by atoms with Gasteiger partial charge in [-0.3, -0.25) is 0 Å². The third-order valence-electron chi connectivity index (χ3n) is 3.75. The lowest BCUT2D eigenvalue weighted by Gasteiger charge is -2.31. The van der Waals surface area contributed by atoms with Crippen molar-refractivity contribution in [3.63, 3.8) is 0 Å². The van der Waals surface area contributed by atoms with Crippen molar-refractivity contribution in [2.45, 2.75) is 26.3 Å². The summed E-state index contributed by atoms with van der Waals surface area (Å²) in [4.78, 5) is 6.62. The Morgan fingerprint density at radius 1 is 1.45 bits per heavy atom. The molecule has 0 saturated carbocycles. The van der Waals surface area contributed by atoms with Gasteiger partial charge in [0.25, 0.3) is 0 Å². The van der Waals surface area contributed by atoms with Crippen molar-refractivity contribution in [3.05, 3.63) is 28.8 Å². The third kappa shape index (κ3) is 3.79. The van der Waals surface area contributed by atoms with Crippen LogP contribution in [0.3, 0.4) is 0 Å². The molecule has 20 heavy (non-hydrogen) atoms. The lowest BCUT2D eigenvalue weighted by Crippen LogP contribution is -2.42. The minimum Gasteiger partial charge on any atom is -0.495 e. The van der Waals surface area contributed by atoms with Crippen LogP contribution in [0.1, 0.15) is 25.3 Å². The first-order valence-electron chi connectivity index (χ1n) is 6.97. The van der Waals surface area contributed by atoms with E-state index in [9.17, 15) is 0 Å². The Bertz CT molecular complexity index is 482. The molecule has 1 heterocycles. The smallest absolute Gasteiger partial charge is 0.191 e. The molecule has 1 aliphatic heterocycles. The van der Waals surface area contributed by atoms with Crippen LogP contribution in [0, 0.1) is 5.92 Å². The van der Waals surface area contributed by atoms with E-state index >= 15 is 0 Å². The molecule has 1 aromatic carbocycles. The number of guanidine groups is 1. The SMILES string of the molecule is COc1ccc(CN=C(N)N2CCC(C)CC2)cc1Cl. The molecule has 1 aliphatic rings. The van der Waals surface area contributed by atoms with Gasteiger partial charge in [-0.2, -0.15) is 0 Å². The largest absolute Gasteiger partial charge is 0.495 e. The number of rotatable bonds is 3. The van der Waals surface area contributed by atoms with E-state index in [4.69, 9.17) is 22.1 Å². The Hall–Kier alpha value is -1.42. The van der Waals surface area contributed by atoms with Crippen LogP contribution >= 0.6 is 11.6 Å². The van der Waals surface area contributed by atoms with Crippen LogP contribution in [0.5, 0.6) is 5.75 Å². The maximum Gasteiger partial charge on any atom is 0.191 e. The molecule has 4 nitrogen and oxygen atoms in total. The lowest BCUT2D eigenvalue weighted by atomic mass is 10.00. The number of hydrogen-bond donors (Lipinski definition) is 1. The molecule has 1 saturated heterocycles. The van der Waals surface area contributed by atoms with Crippen LogP contribution in [0.2, 0.25) is 5.02 Å². The standard InChI is InChI=1S/C15H22ClN3O/c1-11-5-7-19(8-6-11)15(17)18-10-12-3-4-14(20-2)13(16)9-12/h3-4,9,11H,5-8,10H2,1-2H3,(H2,17,18). The molecule has 0 amide bonds. The van der Waals surface area contributed by atoms with E-state index in [1.165, 1.54) is 12.8 Å². The molecule has 5 heteroatoms. The van der Waals surface area contributed by atoms with E-state index in [2.05, 4.69) is 16.8 Å². The fraction of sp³-hybridized carbons (Fsp3) is 0.533. The Morgan fingerprint density at radius 2 is 2.15 bits per heavy atom. The summed E-state index contributed by atoms with van der Waals surface area (Å²) in [5, 5.41) is 0.602. The second kappa shape index (κ2) is 6.84. The fourth-order valence-electron chi connectivity index (χ4n) is 2.32. The molecule has 0 aromatic heterocycles. The van der Waals surface area contributed by atoms with E-state index in [1.807, 2.05) is 18.2 Å². The van der Waals surface area contributed by atoms with Gasteiger partial charge < -0.3 is 15.4 Å². The maximum absolute atomic E-state index is 6.09. The van der Waals surface area contributed by atoms with Gasteiger partial charge in [-0.05, 0) is 36.5 Å². The zero-order valence-electron chi connectivity index (χ0n) is 12.1. The highest BCUT2D eigenvalue weighted by Gasteiger charge is 2.16. The van der Waals surface area contributed by atoms with Gasteiger partial charge in [0.15, 0.2) is 5.96 Å². The van der Waals surface area contributed by atoms with Gasteiger partial charge in [0.05, 0.1) is 18.7 Å². The highest BCUT2D eigenvalue weighted by molar-refractivity contribution is 6.32. The number of aliphatic imine (C=N–C) groups is 1. The van der Waals surface area contributed by atoms with E-state index < -0.39 is 0 Å². The Morgan fingerprint density at radius 3 is 2.75 bits per heavy atom. The Balaban J connectivity index is 1.96. The number of nitrogens with zero attached hydrogens (tertiary/aromatic N) is 2. The van der Waals surface area contributed by atoms with Crippen LogP contribution < -0.4 is 10.5 Å². The number of benzene rings is 1. The molecular formula is C15H22ClN3O. The van der Waals surface area contributed by atoms with Crippen molar-refractivity contribution in [1.82, 2.24) is 4.90 Å². The highest BCUT2D eigenvalue weighted by Crippen LogP contribution is 2.25. The van der Waals surface area contributed by atoms with Crippen molar-refractivity contribution in [3.8, 4) is 5.75 Å². The van der Waals surface area contributed by atoms with Crippen molar-refractivity contribution >= 4 is 17.6 Å². The van der Waals surface area contributed by atoms with Crippen LogP contribution in [0.4, 0.5) is 0 Å². The van der Waals surface area contributed by atoms with Gasteiger partial charge in [-0.25, -0.2) is 4.99 Å². The zero-order chi connectivity index (χ0) is 14.5. The van der Waals surface area contributed by atoms with Crippen LogP contribution in [0.25, 0.3) is 0 Å². The molecule has 2 rings (SSSR count). The van der Waals surface area contributed by atoms with Gasteiger partial charge in [-0.15, -0.1) is 0 Å². The van der Waals surface area contributed by atoms with Gasteiger partial charge in [0.2, 0.25) is 0 Å². The first-order valence-corrected chi connectivity index (χ1v) is 7.35. The maximum atomic E-state index is 6.09. The van der Waals surface area contributed by atoms with Crippen molar-refractivity contribution in [1.29, 1.82) is 0 Å². The predicted molar refractivity (Wildman–Crippen MR) is 83.3 cm³/mol. The average Bonchev–Trinajstić information content (AvgIpc) is 2.45. The molecule has 1 aromatic rings. The third-order valence-corrected chi connectivity index (χ3v) is 4.04. The summed E-state index contributed by atoms with van der Waals surface area (Å²) < 4.78 is 5.13. The number of likely N-dealkylation sites (tertiary alicyclic amines) is 1. The molecule has 0 aliphatic carbocycles. The van der Waals surface area contributed by atoms with Gasteiger partial charge in [0, 0.05) is 13.1 Å². The van der Waals surface area contributed by atoms with Gasteiger partial charge >= 0.3 is 0 Å². The molecule has 110 valence electrons. The summed E-state index contributed by atoms with van der Waals surface area (Å²) in [5.41, 5.74) is 7.09. The molecule has 2 N–H and O–H groups in total. The molecule has 0 unspecified atom stereocenters. The molecule has 0 bridgehead atoms. The number of ether oxygens (including phenoxy) is 1. The summed E-state index contributed by atoms with van der Waals surface area (Å²) in [5.74, 6) is 2.10. The number of piperidine rings is 1. The number of methoxy groups -OCH3 is 1. The first kappa shape index (κ1) is 15.0. The summed E-state index contributed by atoms with van der Waals surface area (Å²) in [6.07, 6.45) is 2.37. The second-order valence-electron chi connectivity index (χ2n) is 5.31. The summed E-state index contributed by atoms with van der Waals surface area (Å²) >= 11 is 6.09. The lowest BCUT2D eigenvalue weighted by molar-refractivity contribution is 0.277. The Kier molecular flexibility index (Phi) is 5.12. The number of nitrogens with two attached hydrogens (primary N) is 1. The molecule has 0 atom stereocenters. The van der Waals surface area contributed by atoms with Crippen molar-refractivity contribution < 1.29 is 4.74 Å². The van der Waals surface area contributed by atoms with Crippen molar-refractivity contribution in [2.24, 2.45) is 16.6 Å². The topological polar surface area (TPSA) is 50.9 Å². The highest BCUT2D eigenvalue weighted by atomic mass is 35.5. The number of halogens is 1. The van der Waals surface area contributed by atoms with Gasteiger partial charge in [0.1, 0.15) is 5.75 Å². The molecule has 0 radical (unpaired) electrons. The molecule has 1 fully saturated rings. The van der Waals surface area contributed by atoms with Gasteiger partial charge in [-0.1, -0.05) is 24.6 Å². The average molecular weight is 296 g/mol. The van der Waals surface area contributed by atoms with Crippen molar-refractivity contribution in [2.75, 3.05) is 20.2 Å². The summed E-state index contributed by atoms with van der Waals surface area (Å²) in [6, 6.07) is 5.68. The second-order valence-corrected chi connectivity index (χ2v) is 5.72. The van der Waals surface area contributed by atoms with Crippen LogP contribution in [-0.4, -0.2) is 31.1 Å². The van der Waals surface area contributed by atoms with E-state index in [0.29, 0.717) is 23.3 Å². The zero-order valence-corrected chi connectivity index (χ0v) is 12.9. The normalized spacial score (nSPS) is 17.4. The van der Waals surface area contributed by atoms with E-state index in [0.717, 1.165) is 24.6 Å². The fourth-order valence-corrected chi connectivity index (χ4v) is 2.60. The minimum absolute atomic E-state index is 0.543. The van der Waals surface area contributed by atoms with E-state index in [1.54, 1.807) is 7.11 Å². The van der Waals surface area contributed by atoms with Crippen LogP contribution in [-0.2, 0) is 6.54 Å². The predicted octanol–water partition coefficient (Wildman–Crippen LogP) is 2.90. The molecular weight excluding hydrogens is 274 g/mol. The minimum atomic E-state index is 0.543. The van der Waals surface area contributed by atoms with Crippen LogP contribution in [0.15, 0.2) is 23.2 Å². The quantitative estimate of drug-likeness (QED) is 0.689. The Labute approximate surface area is 125 Å². The summed E-state index contributed by atoms with van der Waals surface area (Å²) in [7, 11) is 1.61.